The van der Waals surface area contributed by atoms with E-state index in [2.05, 4.69) is 5.32 Å². The number of hydrogen-bond donors (Lipinski definition) is 1. The number of amides is 3. The van der Waals surface area contributed by atoms with Gasteiger partial charge >= 0.3 is 0 Å². The minimum Gasteiger partial charge on any atom is -0.342 e. The third-order valence-corrected chi connectivity index (χ3v) is 6.47. The second-order valence-electron chi connectivity index (χ2n) is 8.46. The van der Waals surface area contributed by atoms with E-state index in [0.29, 0.717) is 38.2 Å². The number of piperidine rings is 1. The normalized spacial score (nSPS) is 19.3. The smallest absolute Gasteiger partial charge is 0.228 e. The number of nitrogens with one attached hydrogen (secondary N) is 1. The van der Waals surface area contributed by atoms with E-state index >= 15 is 0 Å². The second-order valence-corrected chi connectivity index (χ2v) is 8.87. The van der Waals surface area contributed by atoms with Crippen LogP contribution in [0, 0.1) is 24.6 Å². The zero-order chi connectivity index (χ0) is 22.8. The van der Waals surface area contributed by atoms with Gasteiger partial charge in [-0.3, -0.25) is 14.4 Å². The molecular weight excluding hydrogens is 433 g/mol. The van der Waals surface area contributed by atoms with Crippen molar-refractivity contribution in [2.75, 3.05) is 29.9 Å². The number of likely N-dealkylation sites (tertiary alicyclic amines) is 1. The van der Waals surface area contributed by atoms with Crippen molar-refractivity contribution in [1.82, 2.24) is 4.90 Å². The Bertz CT molecular complexity index is 1040. The van der Waals surface area contributed by atoms with Crippen LogP contribution in [0.25, 0.3) is 0 Å². The summed E-state index contributed by atoms with van der Waals surface area (Å²) < 4.78 is 13.3. The molecule has 0 aromatic heterocycles. The Hall–Kier alpha value is -2.93. The summed E-state index contributed by atoms with van der Waals surface area (Å²) >= 11 is 5.77. The van der Waals surface area contributed by atoms with Crippen LogP contribution < -0.4 is 10.2 Å². The molecule has 1 N–H and O–H groups in total. The van der Waals surface area contributed by atoms with E-state index in [9.17, 15) is 18.8 Å². The molecule has 0 spiro atoms. The minimum atomic E-state index is -0.539. The molecule has 0 aliphatic carbocycles. The van der Waals surface area contributed by atoms with Crippen molar-refractivity contribution in [2.45, 2.75) is 26.2 Å². The zero-order valence-corrected chi connectivity index (χ0v) is 18.6. The van der Waals surface area contributed by atoms with Gasteiger partial charge in [0.1, 0.15) is 5.82 Å². The first-order valence-corrected chi connectivity index (χ1v) is 11.1. The zero-order valence-electron chi connectivity index (χ0n) is 17.8. The Labute approximate surface area is 191 Å². The van der Waals surface area contributed by atoms with Crippen LogP contribution in [0.1, 0.15) is 24.8 Å². The average molecular weight is 458 g/mol. The van der Waals surface area contributed by atoms with Gasteiger partial charge in [-0.15, -0.1) is 0 Å². The van der Waals surface area contributed by atoms with Crippen molar-refractivity contribution in [3.05, 3.63) is 58.9 Å². The van der Waals surface area contributed by atoms with E-state index < -0.39 is 5.82 Å². The number of aryl methyl sites for hydroxylation is 1. The van der Waals surface area contributed by atoms with Crippen molar-refractivity contribution in [2.24, 2.45) is 11.8 Å². The number of carbonyl (C=O) groups is 3. The van der Waals surface area contributed by atoms with Crippen LogP contribution in [0.15, 0.2) is 42.5 Å². The van der Waals surface area contributed by atoms with Crippen LogP contribution in [0.2, 0.25) is 5.02 Å². The van der Waals surface area contributed by atoms with Gasteiger partial charge in [0.15, 0.2) is 0 Å². The molecule has 32 heavy (non-hydrogen) atoms. The van der Waals surface area contributed by atoms with Gasteiger partial charge in [-0.1, -0.05) is 29.3 Å². The number of benzene rings is 2. The van der Waals surface area contributed by atoms with Gasteiger partial charge in [0.05, 0.1) is 10.9 Å². The molecule has 2 saturated heterocycles. The number of nitrogens with zero attached hydrogens (tertiary/aromatic N) is 2. The fourth-order valence-electron chi connectivity index (χ4n) is 4.29. The molecule has 0 bridgehead atoms. The summed E-state index contributed by atoms with van der Waals surface area (Å²) in [6.07, 6.45) is 1.28. The standard InChI is InChI=1S/C24H25ClFN3O3/c1-15-2-5-19(6-3-15)29-14-17(12-22(29)30)24(32)28-10-8-16(9-11-28)23(31)27-18-4-7-21(26)20(25)13-18/h2-7,13,16-17H,8-12,14H2,1H3,(H,27,31)/t17-/m0/s1. The number of hydrogen-bond acceptors (Lipinski definition) is 3. The molecule has 8 heteroatoms. The van der Waals surface area contributed by atoms with Gasteiger partial charge in [-0.05, 0) is 50.1 Å². The Kier molecular flexibility index (Phi) is 6.46. The van der Waals surface area contributed by atoms with Gasteiger partial charge in [-0.2, -0.15) is 0 Å². The van der Waals surface area contributed by atoms with E-state index in [1.807, 2.05) is 31.2 Å². The molecule has 6 nitrogen and oxygen atoms in total. The lowest BCUT2D eigenvalue weighted by atomic mass is 9.94. The highest BCUT2D eigenvalue weighted by Gasteiger charge is 2.38. The van der Waals surface area contributed by atoms with E-state index in [-0.39, 0.29) is 41.0 Å². The van der Waals surface area contributed by atoms with Crippen LogP contribution in [-0.2, 0) is 14.4 Å². The highest BCUT2D eigenvalue weighted by atomic mass is 35.5. The first-order chi connectivity index (χ1) is 15.3. The quantitative estimate of drug-likeness (QED) is 0.754. The molecule has 2 aromatic rings. The third kappa shape index (κ3) is 4.78. The fourth-order valence-corrected chi connectivity index (χ4v) is 4.47. The molecule has 3 amide bonds. The lowest BCUT2D eigenvalue weighted by Crippen LogP contribution is -2.44. The molecule has 2 fully saturated rings. The Balaban J connectivity index is 1.30. The monoisotopic (exact) mass is 457 g/mol. The highest BCUT2D eigenvalue weighted by Crippen LogP contribution is 2.29. The summed E-state index contributed by atoms with van der Waals surface area (Å²) in [5.74, 6) is -1.38. The topological polar surface area (TPSA) is 69.7 Å². The maximum Gasteiger partial charge on any atom is 0.228 e. The highest BCUT2D eigenvalue weighted by molar-refractivity contribution is 6.31. The van der Waals surface area contributed by atoms with E-state index in [1.54, 1.807) is 9.80 Å². The van der Waals surface area contributed by atoms with Crippen molar-refractivity contribution in [3.63, 3.8) is 0 Å². The first-order valence-electron chi connectivity index (χ1n) is 10.7. The van der Waals surface area contributed by atoms with Crippen molar-refractivity contribution >= 4 is 40.7 Å². The Morgan fingerprint density at radius 3 is 2.41 bits per heavy atom. The number of halogens is 2. The fraction of sp³-hybridized carbons (Fsp3) is 0.375. The van der Waals surface area contributed by atoms with Gasteiger partial charge in [0.2, 0.25) is 17.7 Å². The Morgan fingerprint density at radius 1 is 1.06 bits per heavy atom. The lowest BCUT2D eigenvalue weighted by molar-refractivity contribution is -0.138. The molecule has 1 atom stereocenters. The molecular formula is C24H25ClFN3O3. The average Bonchev–Trinajstić information content (AvgIpc) is 3.18. The van der Waals surface area contributed by atoms with Crippen LogP contribution >= 0.6 is 11.6 Å². The predicted molar refractivity (Wildman–Crippen MR) is 121 cm³/mol. The van der Waals surface area contributed by atoms with E-state index in [1.165, 1.54) is 18.2 Å². The van der Waals surface area contributed by atoms with Crippen molar-refractivity contribution < 1.29 is 18.8 Å². The van der Waals surface area contributed by atoms with E-state index in [4.69, 9.17) is 11.6 Å². The van der Waals surface area contributed by atoms with E-state index in [0.717, 1.165) is 11.3 Å². The lowest BCUT2D eigenvalue weighted by Gasteiger charge is -2.33. The van der Waals surface area contributed by atoms with Crippen molar-refractivity contribution in [1.29, 1.82) is 0 Å². The Morgan fingerprint density at radius 2 is 1.75 bits per heavy atom. The second kappa shape index (κ2) is 9.28. The molecule has 2 aliphatic heterocycles. The third-order valence-electron chi connectivity index (χ3n) is 6.18. The maximum absolute atomic E-state index is 13.3. The molecule has 2 aromatic carbocycles. The van der Waals surface area contributed by atoms with Gasteiger partial charge in [0.25, 0.3) is 0 Å². The number of anilines is 2. The molecule has 4 rings (SSSR count). The minimum absolute atomic E-state index is 0.0304. The SMILES string of the molecule is Cc1ccc(N2C[C@@H](C(=O)N3CCC(C(=O)Nc4ccc(F)c(Cl)c4)CC3)CC2=O)cc1. The van der Waals surface area contributed by atoms with Crippen LogP contribution in [0.5, 0.6) is 0 Å². The molecule has 2 heterocycles. The van der Waals surface area contributed by atoms with Gasteiger partial charge < -0.3 is 15.1 Å². The van der Waals surface area contributed by atoms with Gasteiger partial charge in [0, 0.05) is 43.3 Å². The predicted octanol–water partition coefficient (Wildman–Crippen LogP) is 4.02. The molecule has 0 unspecified atom stereocenters. The molecule has 0 radical (unpaired) electrons. The first kappa shape index (κ1) is 22.3. The summed E-state index contributed by atoms with van der Waals surface area (Å²) in [5, 5.41) is 2.72. The van der Waals surface area contributed by atoms with Crippen LogP contribution in [-0.4, -0.2) is 42.3 Å². The largest absolute Gasteiger partial charge is 0.342 e. The van der Waals surface area contributed by atoms with Crippen LogP contribution in [0.4, 0.5) is 15.8 Å². The molecule has 0 saturated carbocycles. The summed E-state index contributed by atoms with van der Waals surface area (Å²) in [4.78, 5) is 41.5. The maximum atomic E-state index is 13.3. The number of carbonyl (C=O) groups excluding carboxylic acids is 3. The van der Waals surface area contributed by atoms with Crippen molar-refractivity contribution in [3.8, 4) is 0 Å². The molecule has 2 aliphatic rings. The van der Waals surface area contributed by atoms with Gasteiger partial charge in [-0.25, -0.2) is 4.39 Å². The number of rotatable bonds is 4. The molecule has 168 valence electrons. The summed E-state index contributed by atoms with van der Waals surface area (Å²) in [7, 11) is 0. The summed E-state index contributed by atoms with van der Waals surface area (Å²) in [5.41, 5.74) is 2.37. The summed E-state index contributed by atoms with van der Waals surface area (Å²) in [6.45, 7) is 3.31. The summed E-state index contributed by atoms with van der Waals surface area (Å²) in [6, 6.07) is 11.8. The van der Waals surface area contributed by atoms with Crippen LogP contribution in [0.3, 0.4) is 0 Å².